The van der Waals surface area contributed by atoms with Crippen LogP contribution in [0.4, 0.5) is 14.9 Å². The number of amides is 3. The molecule has 138 valence electrons. The highest BCUT2D eigenvalue weighted by atomic mass is 35.5. The van der Waals surface area contributed by atoms with Crippen LogP contribution in [0.2, 0.25) is 5.02 Å². The van der Waals surface area contributed by atoms with Crippen LogP contribution in [-0.2, 0) is 9.59 Å². The lowest BCUT2D eigenvalue weighted by Gasteiger charge is -2.12. The maximum absolute atomic E-state index is 13.2. The van der Waals surface area contributed by atoms with Gasteiger partial charge < -0.3 is 10.4 Å². The molecular weight excluding hydrogens is 395 g/mol. The van der Waals surface area contributed by atoms with Crippen molar-refractivity contribution in [1.82, 2.24) is 4.90 Å². The average molecular weight is 407 g/mol. The van der Waals surface area contributed by atoms with Gasteiger partial charge in [0.2, 0.25) is 5.91 Å². The number of phenols is 1. The number of aromatic hydroxyl groups is 1. The molecule has 0 radical (unpaired) electrons. The number of imide groups is 1. The van der Waals surface area contributed by atoms with Gasteiger partial charge in [0.25, 0.3) is 11.1 Å². The Morgan fingerprint density at radius 3 is 2.78 bits per heavy atom. The minimum absolute atomic E-state index is 0.0520. The normalized spacial score (nSPS) is 15.5. The van der Waals surface area contributed by atoms with E-state index in [0.29, 0.717) is 16.8 Å². The van der Waals surface area contributed by atoms with Crippen LogP contribution in [0.25, 0.3) is 6.08 Å². The molecule has 9 heteroatoms. The van der Waals surface area contributed by atoms with Gasteiger partial charge in [-0.05, 0) is 54.2 Å². The van der Waals surface area contributed by atoms with E-state index in [0.717, 1.165) is 11.0 Å². The summed E-state index contributed by atoms with van der Waals surface area (Å²) in [5, 5.41) is 12.0. The lowest BCUT2D eigenvalue weighted by atomic mass is 10.2. The van der Waals surface area contributed by atoms with Gasteiger partial charge in [-0.25, -0.2) is 4.39 Å². The minimum Gasteiger partial charge on any atom is -0.507 e. The Balaban J connectivity index is 1.73. The van der Waals surface area contributed by atoms with Crippen molar-refractivity contribution < 1.29 is 23.9 Å². The molecule has 2 aromatic rings. The molecule has 0 bridgehead atoms. The molecule has 0 aliphatic carbocycles. The molecule has 3 amide bonds. The second kappa shape index (κ2) is 7.81. The zero-order valence-corrected chi connectivity index (χ0v) is 15.2. The van der Waals surface area contributed by atoms with Crippen LogP contribution in [0.1, 0.15) is 5.56 Å². The first kappa shape index (κ1) is 18.9. The molecule has 0 unspecified atom stereocenters. The summed E-state index contributed by atoms with van der Waals surface area (Å²) in [5.41, 5.74) is 0.489. The van der Waals surface area contributed by atoms with Crippen LogP contribution < -0.4 is 5.32 Å². The number of nitrogens with one attached hydrogen (secondary N) is 1. The molecule has 1 fully saturated rings. The van der Waals surface area contributed by atoms with E-state index >= 15 is 0 Å². The molecule has 0 saturated carbocycles. The molecule has 3 rings (SSSR count). The summed E-state index contributed by atoms with van der Waals surface area (Å²) in [4.78, 5) is 37.4. The van der Waals surface area contributed by atoms with E-state index in [1.807, 2.05) is 0 Å². The first-order valence-corrected chi connectivity index (χ1v) is 8.82. The van der Waals surface area contributed by atoms with Crippen LogP contribution in [0, 0.1) is 5.82 Å². The first-order valence-electron chi connectivity index (χ1n) is 7.63. The summed E-state index contributed by atoms with van der Waals surface area (Å²) in [7, 11) is 0. The topological polar surface area (TPSA) is 86.7 Å². The number of anilines is 1. The molecule has 0 atom stereocenters. The smallest absolute Gasteiger partial charge is 0.294 e. The number of hydrogen-bond acceptors (Lipinski definition) is 5. The third-order valence-electron chi connectivity index (χ3n) is 3.56. The van der Waals surface area contributed by atoms with E-state index in [9.17, 15) is 23.9 Å². The highest BCUT2D eigenvalue weighted by Gasteiger charge is 2.36. The van der Waals surface area contributed by atoms with Gasteiger partial charge in [0.15, 0.2) is 0 Å². The van der Waals surface area contributed by atoms with Gasteiger partial charge in [-0.3, -0.25) is 19.3 Å². The molecule has 1 heterocycles. The number of carbonyl (C=O) groups excluding carboxylic acids is 3. The van der Waals surface area contributed by atoms with Gasteiger partial charge >= 0.3 is 0 Å². The number of carbonyl (C=O) groups is 3. The van der Waals surface area contributed by atoms with Gasteiger partial charge in [-0.2, -0.15) is 0 Å². The Morgan fingerprint density at radius 1 is 1.26 bits per heavy atom. The molecule has 0 aromatic heterocycles. The van der Waals surface area contributed by atoms with Crippen LogP contribution in [0.3, 0.4) is 0 Å². The summed E-state index contributed by atoms with van der Waals surface area (Å²) in [6.07, 6.45) is 1.33. The van der Waals surface area contributed by atoms with Crippen LogP contribution in [-0.4, -0.2) is 33.6 Å². The standard InChI is InChI=1S/C18H12ClFN2O4S/c19-11-4-5-14(23)10(6-11)7-15-17(25)22(18(26)27-15)9-16(24)21-13-3-1-2-12(20)8-13/h1-8,23H,9H2,(H,21,24)/b15-7+. The molecule has 2 aromatic carbocycles. The minimum atomic E-state index is -0.668. The predicted octanol–water partition coefficient (Wildman–Crippen LogP) is 3.86. The van der Waals surface area contributed by atoms with E-state index in [-0.39, 0.29) is 21.9 Å². The number of hydrogen-bond donors (Lipinski definition) is 2. The number of nitrogens with zero attached hydrogens (tertiary/aromatic N) is 1. The monoisotopic (exact) mass is 406 g/mol. The van der Waals surface area contributed by atoms with Crippen LogP contribution in [0.15, 0.2) is 47.4 Å². The fourth-order valence-corrected chi connectivity index (χ4v) is 3.34. The largest absolute Gasteiger partial charge is 0.507 e. The Hall–Kier alpha value is -2.84. The molecular formula is C18H12ClFN2O4S. The maximum atomic E-state index is 13.2. The molecule has 2 N–H and O–H groups in total. The summed E-state index contributed by atoms with van der Waals surface area (Å²) in [5.74, 6) is -1.94. The lowest BCUT2D eigenvalue weighted by molar-refractivity contribution is -0.127. The summed E-state index contributed by atoms with van der Waals surface area (Å²) in [6, 6.07) is 9.54. The third kappa shape index (κ3) is 4.47. The Kier molecular flexibility index (Phi) is 5.48. The Bertz CT molecular complexity index is 980. The van der Waals surface area contributed by atoms with Gasteiger partial charge in [-0.1, -0.05) is 17.7 Å². The number of rotatable bonds is 4. The molecule has 6 nitrogen and oxygen atoms in total. The summed E-state index contributed by atoms with van der Waals surface area (Å²) in [6.45, 7) is -0.514. The summed E-state index contributed by atoms with van der Waals surface area (Å²) < 4.78 is 13.2. The van der Waals surface area contributed by atoms with E-state index in [1.165, 1.54) is 42.5 Å². The van der Waals surface area contributed by atoms with Crippen molar-refractivity contribution in [2.45, 2.75) is 0 Å². The van der Waals surface area contributed by atoms with Gasteiger partial charge in [0, 0.05) is 16.3 Å². The predicted molar refractivity (Wildman–Crippen MR) is 101 cm³/mol. The maximum Gasteiger partial charge on any atom is 0.294 e. The van der Waals surface area contributed by atoms with Crippen LogP contribution >= 0.6 is 23.4 Å². The van der Waals surface area contributed by atoms with E-state index in [4.69, 9.17) is 11.6 Å². The molecule has 1 aliphatic rings. The third-order valence-corrected chi connectivity index (χ3v) is 4.70. The number of phenolic OH excluding ortho intramolecular Hbond substituents is 1. The van der Waals surface area contributed by atoms with Crippen molar-refractivity contribution in [2.75, 3.05) is 11.9 Å². The second-order valence-corrected chi connectivity index (χ2v) is 6.96. The van der Waals surface area contributed by atoms with Gasteiger partial charge in [0.05, 0.1) is 4.91 Å². The highest BCUT2D eigenvalue weighted by Crippen LogP contribution is 2.34. The van der Waals surface area contributed by atoms with Crippen molar-refractivity contribution in [3.05, 3.63) is 63.8 Å². The lowest BCUT2D eigenvalue weighted by Crippen LogP contribution is -2.36. The van der Waals surface area contributed by atoms with Gasteiger partial charge in [0.1, 0.15) is 18.1 Å². The SMILES string of the molecule is O=C(CN1C(=O)S/C(=C/c2cc(Cl)ccc2O)C1=O)Nc1cccc(F)c1. The zero-order valence-electron chi connectivity index (χ0n) is 13.6. The van der Waals surface area contributed by atoms with Gasteiger partial charge in [-0.15, -0.1) is 0 Å². The van der Waals surface area contributed by atoms with Crippen LogP contribution in [0.5, 0.6) is 5.75 Å². The highest BCUT2D eigenvalue weighted by molar-refractivity contribution is 8.18. The molecule has 1 saturated heterocycles. The fraction of sp³-hybridized carbons (Fsp3) is 0.0556. The molecule has 0 spiro atoms. The zero-order chi connectivity index (χ0) is 19.6. The number of benzene rings is 2. The number of thioether (sulfide) groups is 1. The Labute approximate surface area is 162 Å². The van der Waals surface area contributed by atoms with Crippen molar-refractivity contribution in [3.8, 4) is 5.75 Å². The number of halogens is 2. The summed E-state index contributed by atoms with van der Waals surface area (Å²) >= 11 is 6.51. The van der Waals surface area contributed by atoms with Crippen molar-refractivity contribution >= 4 is 52.2 Å². The fourth-order valence-electron chi connectivity index (χ4n) is 2.33. The molecule has 1 aliphatic heterocycles. The van der Waals surface area contributed by atoms with E-state index < -0.39 is 29.4 Å². The van der Waals surface area contributed by atoms with E-state index in [2.05, 4.69) is 5.32 Å². The second-order valence-electron chi connectivity index (χ2n) is 5.53. The van der Waals surface area contributed by atoms with E-state index in [1.54, 1.807) is 0 Å². The van der Waals surface area contributed by atoms with Crippen molar-refractivity contribution in [3.63, 3.8) is 0 Å². The van der Waals surface area contributed by atoms with Crippen molar-refractivity contribution in [2.24, 2.45) is 0 Å². The Morgan fingerprint density at radius 2 is 2.04 bits per heavy atom. The van der Waals surface area contributed by atoms with Crippen molar-refractivity contribution in [1.29, 1.82) is 0 Å². The molecule has 27 heavy (non-hydrogen) atoms. The first-order chi connectivity index (χ1) is 12.8. The average Bonchev–Trinajstić information content (AvgIpc) is 2.85. The quantitative estimate of drug-likeness (QED) is 0.753.